The van der Waals surface area contributed by atoms with Gasteiger partial charge in [0.1, 0.15) is 5.56 Å². The molecule has 0 fully saturated rings. The van der Waals surface area contributed by atoms with Crippen molar-refractivity contribution in [1.82, 2.24) is 10.2 Å². The molecule has 4 heteroatoms. The van der Waals surface area contributed by atoms with E-state index in [1.807, 2.05) is 19.1 Å². The van der Waals surface area contributed by atoms with Gasteiger partial charge in [-0.05, 0) is 23.5 Å². The quantitative estimate of drug-likeness (QED) is 0.867. The molecule has 2 N–H and O–H groups in total. The van der Waals surface area contributed by atoms with Crippen LogP contribution in [0.1, 0.15) is 42.3 Å². The molecule has 0 spiro atoms. The van der Waals surface area contributed by atoms with Crippen LogP contribution >= 0.6 is 0 Å². The number of nitrogens with zero attached hydrogens (tertiary/aromatic N) is 1. The Balaban J connectivity index is 2.53. The topological polar surface area (TPSA) is 66.0 Å². The van der Waals surface area contributed by atoms with Crippen molar-refractivity contribution in [2.75, 3.05) is 0 Å². The Morgan fingerprint density at radius 1 is 1.32 bits per heavy atom. The molecule has 0 aliphatic rings. The molecular formula is C15H18N2O2. The van der Waals surface area contributed by atoms with Crippen LogP contribution in [0.3, 0.4) is 0 Å². The van der Waals surface area contributed by atoms with Gasteiger partial charge in [-0.2, -0.15) is 5.10 Å². The molecule has 1 aromatic carbocycles. The summed E-state index contributed by atoms with van der Waals surface area (Å²) in [5.41, 5.74) is 3.98. The van der Waals surface area contributed by atoms with E-state index < -0.39 is 5.97 Å². The van der Waals surface area contributed by atoms with Gasteiger partial charge in [0.25, 0.3) is 0 Å². The van der Waals surface area contributed by atoms with E-state index in [-0.39, 0.29) is 11.0 Å². The van der Waals surface area contributed by atoms with Gasteiger partial charge in [0, 0.05) is 5.56 Å². The second-order valence-electron chi connectivity index (χ2n) is 5.74. The van der Waals surface area contributed by atoms with E-state index in [0.717, 1.165) is 11.1 Å². The molecule has 0 aliphatic carbocycles. The Bertz CT molecular complexity index is 621. The molecule has 0 saturated carbocycles. The molecule has 0 amide bonds. The average Bonchev–Trinajstić information content (AvgIpc) is 2.76. The summed E-state index contributed by atoms with van der Waals surface area (Å²) in [5, 5.41) is 15.7. The Hall–Kier alpha value is -2.10. The van der Waals surface area contributed by atoms with Crippen molar-refractivity contribution in [3.63, 3.8) is 0 Å². The summed E-state index contributed by atoms with van der Waals surface area (Å²) in [4.78, 5) is 11.1. The Kier molecular flexibility index (Phi) is 3.18. The maximum absolute atomic E-state index is 11.1. The van der Waals surface area contributed by atoms with Gasteiger partial charge in [-0.25, -0.2) is 4.79 Å². The largest absolute Gasteiger partial charge is 0.478 e. The Morgan fingerprint density at radius 3 is 2.53 bits per heavy atom. The molecule has 4 nitrogen and oxygen atoms in total. The summed E-state index contributed by atoms with van der Waals surface area (Å²) in [7, 11) is 0. The predicted octanol–water partition coefficient (Wildman–Crippen LogP) is 3.38. The molecule has 0 radical (unpaired) electrons. The van der Waals surface area contributed by atoms with Crippen molar-refractivity contribution in [3.8, 4) is 11.3 Å². The smallest absolute Gasteiger partial charge is 0.339 e. The highest BCUT2D eigenvalue weighted by molar-refractivity contribution is 5.94. The van der Waals surface area contributed by atoms with Gasteiger partial charge in [0.2, 0.25) is 0 Å². The number of carboxylic acid groups (broad SMARTS) is 1. The zero-order valence-electron chi connectivity index (χ0n) is 11.6. The van der Waals surface area contributed by atoms with Crippen LogP contribution in [0, 0.1) is 6.92 Å². The first-order valence-corrected chi connectivity index (χ1v) is 6.19. The summed E-state index contributed by atoms with van der Waals surface area (Å²) in [6.07, 6.45) is 1.34. The lowest BCUT2D eigenvalue weighted by atomic mass is 9.85. The van der Waals surface area contributed by atoms with Crippen molar-refractivity contribution < 1.29 is 9.90 Å². The molecule has 0 bridgehead atoms. The fourth-order valence-corrected chi connectivity index (χ4v) is 2.06. The second kappa shape index (κ2) is 4.53. The number of H-pyrrole nitrogens is 1. The van der Waals surface area contributed by atoms with Crippen LogP contribution in [-0.4, -0.2) is 21.3 Å². The molecule has 2 rings (SSSR count). The van der Waals surface area contributed by atoms with Crippen LogP contribution in [0.15, 0.2) is 24.4 Å². The normalized spacial score (nSPS) is 11.6. The van der Waals surface area contributed by atoms with Crippen LogP contribution in [0.4, 0.5) is 0 Å². The maximum atomic E-state index is 11.1. The molecule has 0 unspecified atom stereocenters. The molecule has 0 saturated heterocycles. The minimum Gasteiger partial charge on any atom is -0.478 e. The number of aromatic amines is 1. The van der Waals surface area contributed by atoms with Gasteiger partial charge in [0.05, 0.1) is 11.9 Å². The van der Waals surface area contributed by atoms with Crippen molar-refractivity contribution >= 4 is 5.97 Å². The standard InChI is InChI=1S/C15H18N2O2/c1-9-7-10(15(2,3)4)5-6-11(9)13-12(14(18)19)8-16-17-13/h5-8H,1-4H3,(H,16,17)(H,18,19). The van der Waals surface area contributed by atoms with E-state index >= 15 is 0 Å². The number of benzene rings is 1. The molecule has 100 valence electrons. The number of carbonyl (C=O) groups is 1. The summed E-state index contributed by atoms with van der Waals surface area (Å²) in [5.74, 6) is -0.969. The zero-order valence-corrected chi connectivity index (χ0v) is 11.6. The van der Waals surface area contributed by atoms with E-state index in [9.17, 15) is 4.79 Å². The number of rotatable bonds is 2. The fraction of sp³-hybridized carbons (Fsp3) is 0.333. The first-order valence-electron chi connectivity index (χ1n) is 6.19. The van der Waals surface area contributed by atoms with E-state index in [0.29, 0.717) is 5.69 Å². The molecule has 0 atom stereocenters. The number of aryl methyl sites for hydroxylation is 1. The summed E-state index contributed by atoms with van der Waals surface area (Å²) in [6.45, 7) is 8.44. The molecule has 19 heavy (non-hydrogen) atoms. The minimum absolute atomic E-state index is 0.0763. The van der Waals surface area contributed by atoms with E-state index in [2.05, 4.69) is 37.0 Å². The van der Waals surface area contributed by atoms with Crippen molar-refractivity contribution in [2.45, 2.75) is 33.1 Å². The van der Waals surface area contributed by atoms with Gasteiger partial charge < -0.3 is 5.11 Å². The lowest BCUT2D eigenvalue weighted by molar-refractivity contribution is 0.0698. The van der Waals surface area contributed by atoms with Crippen LogP contribution < -0.4 is 0 Å². The van der Waals surface area contributed by atoms with Gasteiger partial charge in [0.15, 0.2) is 0 Å². The van der Waals surface area contributed by atoms with E-state index in [1.165, 1.54) is 11.8 Å². The average molecular weight is 258 g/mol. The maximum Gasteiger partial charge on any atom is 0.339 e. The first kappa shape index (κ1) is 13.3. The third kappa shape index (κ3) is 2.52. The van der Waals surface area contributed by atoms with Gasteiger partial charge in [-0.3, -0.25) is 5.10 Å². The predicted molar refractivity (Wildman–Crippen MR) is 74.4 cm³/mol. The highest BCUT2D eigenvalue weighted by atomic mass is 16.4. The number of hydrogen-bond acceptors (Lipinski definition) is 2. The van der Waals surface area contributed by atoms with Gasteiger partial charge in [-0.1, -0.05) is 39.0 Å². The SMILES string of the molecule is Cc1cc(C(C)(C)C)ccc1-c1[nH]ncc1C(=O)O. The van der Waals surface area contributed by atoms with Crippen LogP contribution in [0.25, 0.3) is 11.3 Å². The molecular weight excluding hydrogens is 240 g/mol. The lowest BCUT2D eigenvalue weighted by Crippen LogP contribution is -2.11. The van der Waals surface area contributed by atoms with Crippen LogP contribution in [-0.2, 0) is 5.41 Å². The zero-order chi connectivity index (χ0) is 14.2. The van der Waals surface area contributed by atoms with Gasteiger partial charge >= 0.3 is 5.97 Å². The number of aromatic nitrogens is 2. The van der Waals surface area contributed by atoms with E-state index in [4.69, 9.17) is 5.11 Å². The number of carboxylic acids is 1. The molecule has 2 aromatic rings. The number of hydrogen-bond donors (Lipinski definition) is 2. The highest BCUT2D eigenvalue weighted by Gasteiger charge is 2.18. The molecule has 0 aliphatic heterocycles. The van der Waals surface area contributed by atoms with Crippen molar-refractivity contribution in [1.29, 1.82) is 0 Å². The Morgan fingerprint density at radius 2 is 2.00 bits per heavy atom. The summed E-state index contributed by atoms with van der Waals surface area (Å²) < 4.78 is 0. The first-order chi connectivity index (χ1) is 8.80. The Labute approximate surface area is 112 Å². The monoisotopic (exact) mass is 258 g/mol. The van der Waals surface area contributed by atoms with Gasteiger partial charge in [-0.15, -0.1) is 0 Å². The molecule has 1 heterocycles. The summed E-state index contributed by atoms with van der Waals surface area (Å²) >= 11 is 0. The van der Waals surface area contributed by atoms with Crippen LogP contribution in [0.2, 0.25) is 0 Å². The van der Waals surface area contributed by atoms with E-state index in [1.54, 1.807) is 0 Å². The third-order valence-electron chi connectivity index (χ3n) is 3.23. The third-order valence-corrected chi connectivity index (χ3v) is 3.23. The second-order valence-corrected chi connectivity index (χ2v) is 5.74. The lowest BCUT2D eigenvalue weighted by Gasteiger charge is -2.20. The summed E-state index contributed by atoms with van der Waals surface area (Å²) in [6, 6.07) is 6.09. The molecule has 1 aromatic heterocycles. The van der Waals surface area contributed by atoms with Crippen molar-refractivity contribution in [3.05, 3.63) is 41.1 Å². The number of aromatic carboxylic acids is 1. The highest BCUT2D eigenvalue weighted by Crippen LogP contribution is 2.29. The van der Waals surface area contributed by atoms with Crippen LogP contribution in [0.5, 0.6) is 0 Å². The van der Waals surface area contributed by atoms with Crippen molar-refractivity contribution in [2.24, 2.45) is 0 Å². The number of nitrogens with one attached hydrogen (secondary N) is 1. The minimum atomic E-state index is -0.969. The fourth-order valence-electron chi connectivity index (χ4n) is 2.06.